The summed E-state index contributed by atoms with van der Waals surface area (Å²) in [5.41, 5.74) is 1.36. The van der Waals surface area contributed by atoms with Crippen LogP contribution in [0.2, 0.25) is 0 Å². The number of hydrogen-bond acceptors (Lipinski definition) is 8. The molecule has 3 N–H and O–H groups in total. The quantitative estimate of drug-likeness (QED) is 0.270. The van der Waals surface area contributed by atoms with Gasteiger partial charge in [-0.15, -0.1) is 0 Å². The molecule has 3 atom stereocenters. The van der Waals surface area contributed by atoms with E-state index in [1.165, 1.54) is 0 Å². The smallest absolute Gasteiger partial charge is 0.414 e. The predicted octanol–water partition coefficient (Wildman–Crippen LogP) is 1.95. The number of aliphatic carboxylic acids is 1. The Balaban J connectivity index is 1.28. The highest BCUT2D eigenvalue weighted by Crippen LogP contribution is 2.25. The van der Waals surface area contributed by atoms with E-state index in [9.17, 15) is 19.5 Å². The van der Waals surface area contributed by atoms with E-state index in [1.807, 2.05) is 18.9 Å². The van der Waals surface area contributed by atoms with Gasteiger partial charge in [0.2, 0.25) is 0 Å². The van der Waals surface area contributed by atoms with Gasteiger partial charge in [0.1, 0.15) is 11.9 Å². The Kier molecular flexibility index (Phi) is 8.65. The van der Waals surface area contributed by atoms with Crippen molar-refractivity contribution >= 4 is 29.6 Å². The third kappa shape index (κ3) is 6.58. The lowest BCUT2D eigenvalue weighted by Gasteiger charge is -2.36. The number of nitrogens with one attached hydrogen (secondary N) is 2. The van der Waals surface area contributed by atoms with Crippen LogP contribution in [0.25, 0.3) is 0 Å². The van der Waals surface area contributed by atoms with Crippen LogP contribution in [0.1, 0.15) is 38.2 Å². The summed E-state index contributed by atoms with van der Waals surface area (Å²) >= 11 is 0. The van der Waals surface area contributed by atoms with E-state index in [2.05, 4.69) is 10.2 Å². The van der Waals surface area contributed by atoms with Gasteiger partial charge >= 0.3 is 18.0 Å². The van der Waals surface area contributed by atoms with E-state index < -0.39 is 18.0 Å². The topological polar surface area (TPSA) is 135 Å². The summed E-state index contributed by atoms with van der Waals surface area (Å²) in [4.78, 5) is 41.8. The zero-order chi connectivity index (χ0) is 26.5. The van der Waals surface area contributed by atoms with Crippen LogP contribution in [-0.4, -0.2) is 97.4 Å². The zero-order valence-corrected chi connectivity index (χ0v) is 21.5. The lowest BCUT2D eigenvalue weighted by Crippen LogP contribution is -2.51. The average molecular weight is 516 g/mol. The van der Waals surface area contributed by atoms with Gasteiger partial charge in [-0.3, -0.25) is 29.7 Å². The number of ether oxygens (including phenoxy) is 2. The molecule has 0 aliphatic carbocycles. The molecule has 11 heteroatoms. The fourth-order valence-electron chi connectivity index (χ4n) is 5.26. The summed E-state index contributed by atoms with van der Waals surface area (Å²) in [6.45, 7) is 5.47. The van der Waals surface area contributed by atoms with Gasteiger partial charge in [-0.1, -0.05) is 0 Å². The van der Waals surface area contributed by atoms with Crippen LogP contribution >= 0.6 is 0 Å². The highest BCUT2D eigenvalue weighted by molar-refractivity contribution is 5.97. The van der Waals surface area contributed by atoms with E-state index >= 15 is 0 Å². The number of rotatable bonds is 8. The van der Waals surface area contributed by atoms with Crippen molar-refractivity contribution in [3.05, 3.63) is 29.8 Å². The molecule has 3 unspecified atom stereocenters. The number of benzene rings is 1. The highest BCUT2D eigenvalue weighted by atomic mass is 16.6. The number of carbonyl (C=O) groups excluding carboxylic acids is 2. The molecule has 3 aliphatic heterocycles. The van der Waals surface area contributed by atoms with Crippen molar-refractivity contribution in [3.8, 4) is 0 Å². The SMILES string of the molecule is CCOC(=O)C1CCN(CC2CN(c3ccc(C(=N)NC4CC(C(=O)O)CCN4C)cc3)C(=O)O2)CC1. The molecule has 3 aliphatic rings. The number of cyclic esters (lactones) is 1. The molecule has 4 rings (SSSR count). The second kappa shape index (κ2) is 11.9. The molecule has 1 aromatic rings. The van der Waals surface area contributed by atoms with E-state index in [0.717, 1.165) is 25.9 Å². The minimum absolute atomic E-state index is 0.0531. The summed E-state index contributed by atoms with van der Waals surface area (Å²) in [5.74, 6) is -1.18. The number of piperidine rings is 2. The fourth-order valence-corrected chi connectivity index (χ4v) is 5.26. The van der Waals surface area contributed by atoms with Crippen molar-refractivity contribution in [2.24, 2.45) is 11.8 Å². The van der Waals surface area contributed by atoms with Gasteiger partial charge in [-0.05, 0) is 77.0 Å². The lowest BCUT2D eigenvalue weighted by atomic mass is 9.94. The minimum Gasteiger partial charge on any atom is -0.481 e. The summed E-state index contributed by atoms with van der Waals surface area (Å²) in [6.07, 6.45) is 1.67. The van der Waals surface area contributed by atoms with E-state index in [4.69, 9.17) is 14.9 Å². The fraction of sp³-hybridized carbons (Fsp3) is 0.615. The molecule has 3 fully saturated rings. The summed E-state index contributed by atoms with van der Waals surface area (Å²) in [5, 5.41) is 21.0. The summed E-state index contributed by atoms with van der Waals surface area (Å²) in [6, 6.07) is 7.15. The number of hydrogen-bond donors (Lipinski definition) is 3. The van der Waals surface area contributed by atoms with Gasteiger partial charge in [0, 0.05) is 24.3 Å². The first-order valence-corrected chi connectivity index (χ1v) is 13.0. The third-order valence-electron chi connectivity index (χ3n) is 7.54. The van der Waals surface area contributed by atoms with Crippen LogP contribution in [0.4, 0.5) is 10.5 Å². The van der Waals surface area contributed by atoms with Crippen molar-refractivity contribution in [3.63, 3.8) is 0 Å². The molecule has 0 aromatic heterocycles. The number of likely N-dealkylation sites (tertiary alicyclic amines) is 2. The number of amides is 1. The molecule has 1 aromatic carbocycles. The van der Waals surface area contributed by atoms with Gasteiger partial charge in [-0.2, -0.15) is 0 Å². The second-order valence-corrected chi connectivity index (χ2v) is 10.1. The monoisotopic (exact) mass is 515 g/mol. The van der Waals surface area contributed by atoms with Gasteiger partial charge < -0.3 is 19.9 Å². The first-order chi connectivity index (χ1) is 17.7. The maximum absolute atomic E-state index is 12.6. The number of carboxylic acids is 1. The molecule has 11 nitrogen and oxygen atoms in total. The molecule has 0 radical (unpaired) electrons. The Morgan fingerprint density at radius 1 is 1.14 bits per heavy atom. The van der Waals surface area contributed by atoms with E-state index in [0.29, 0.717) is 50.3 Å². The zero-order valence-electron chi connectivity index (χ0n) is 21.5. The Morgan fingerprint density at radius 2 is 1.81 bits per heavy atom. The second-order valence-electron chi connectivity index (χ2n) is 10.1. The van der Waals surface area contributed by atoms with Crippen molar-refractivity contribution in [1.29, 1.82) is 5.41 Å². The first-order valence-electron chi connectivity index (χ1n) is 13.0. The molecule has 0 spiro atoms. The van der Waals surface area contributed by atoms with Gasteiger partial charge in [0.05, 0.1) is 31.2 Å². The number of esters is 1. The highest BCUT2D eigenvalue weighted by Gasteiger charge is 2.35. The molecule has 3 heterocycles. The molecule has 202 valence electrons. The lowest BCUT2D eigenvalue weighted by molar-refractivity contribution is -0.149. The van der Waals surface area contributed by atoms with E-state index in [-0.39, 0.29) is 30.0 Å². The van der Waals surface area contributed by atoms with E-state index in [1.54, 1.807) is 29.2 Å². The largest absolute Gasteiger partial charge is 0.481 e. The Labute approximate surface area is 217 Å². The van der Waals surface area contributed by atoms with Crippen LogP contribution in [0, 0.1) is 17.2 Å². The molecular weight excluding hydrogens is 478 g/mol. The minimum atomic E-state index is -0.798. The molecule has 37 heavy (non-hydrogen) atoms. The summed E-state index contributed by atoms with van der Waals surface area (Å²) < 4.78 is 10.7. The normalized spacial score (nSPS) is 25.5. The predicted molar refractivity (Wildman–Crippen MR) is 137 cm³/mol. The number of amidine groups is 1. The number of nitrogens with zero attached hydrogens (tertiary/aromatic N) is 3. The van der Waals surface area contributed by atoms with Gasteiger partial charge in [-0.25, -0.2) is 4.79 Å². The maximum Gasteiger partial charge on any atom is 0.414 e. The standard InChI is InChI=1S/C26H37N5O6/c1-3-36-25(34)18-9-12-30(13-10-18)15-21-16-31(26(35)37-21)20-6-4-17(5-7-20)23(27)28-22-14-19(24(32)33)8-11-29(22)2/h4-7,18-19,21-22H,3,8-16H2,1-2H3,(H2,27,28)(H,32,33). The van der Waals surface area contributed by atoms with Crippen LogP contribution in [0.15, 0.2) is 24.3 Å². The molecular formula is C26H37N5O6. The van der Waals surface area contributed by atoms with Crippen molar-refractivity contribution < 1.29 is 29.0 Å². The van der Waals surface area contributed by atoms with Gasteiger partial charge in [0.25, 0.3) is 0 Å². The molecule has 0 bridgehead atoms. The van der Waals surface area contributed by atoms with Gasteiger partial charge in [0.15, 0.2) is 0 Å². The molecule has 0 saturated carbocycles. The summed E-state index contributed by atoms with van der Waals surface area (Å²) in [7, 11) is 1.92. The van der Waals surface area contributed by atoms with Crippen molar-refractivity contribution in [2.45, 2.75) is 44.9 Å². The molecule has 1 amide bonds. The van der Waals surface area contributed by atoms with Crippen LogP contribution in [0.3, 0.4) is 0 Å². The Hall–Kier alpha value is -3.18. The maximum atomic E-state index is 12.6. The van der Waals surface area contributed by atoms with Crippen LogP contribution < -0.4 is 10.2 Å². The first kappa shape index (κ1) is 26.9. The number of carbonyl (C=O) groups is 3. The third-order valence-corrected chi connectivity index (χ3v) is 7.54. The van der Waals surface area contributed by atoms with Crippen molar-refractivity contribution in [2.75, 3.05) is 51.3 Å². The Bertz CT molecular complexity index is 994. The Morgan fingerprint density at radius 3 is 2.46 bits per heavy atom. The number of anilines is 1. The number of carboxylic acid groups (broad SMARTS) is 1. The molecule has 3 saturated heterocycles. The average Bonchev–Trinajstić information content (AvgIpc) is 3.25. The van der Waals surface area contributed by atoms with Crippen molar-refractivity contribution in [1.82, 2.24) is 15.1 Å². The van der Waals surface area contributed by atoms with Crippen LogP contribution in [0.5, 0.6) is 0 Å². The van der Waals surface area contributed by atoms with Crippen LogP contribution in [-0.2, 0) is 19.1 Å².